The molecule has 6 heteroatoms. The Hall–Kier alpha value is -2.29. The first-order chi connectivity index (χ1) is 11.5. The molecular formula is C18H15BrClN3O. The van der Waals surface area contributed by atoms with E-state index in [-0.39, 0.29) is 5.57 Å². The average Bonchev–Trinajstić information content (AvgIpc) is 2.56. The molecule has 2 N–H and O–H groups in total. The molecule has 24 heavy (non-hydrogen) atoms. The highest BCUT2D eigenvalue weighted by atomic mass is 79.9. The van der Waals surface area contributed by atoms with Crippen molar-refractivity contribution in [1.82, 2.24) is 5.32 Å². The van der Waals surface area contributed by atoms with Crippen LogP contribution in [0.1, 0.15) is 11.1 Å². The van der Waals surface area contributed by atoms with Gasteiger partial charge in [-0.15, -0.1) is 0 Å². The van der Waals surface area contributed by atoms with E-state index in [4.69, 9.17) is 11.6 Å². The van der Waals surface area contributed by atoms with Crippen LogP contribution in [0.4, 0.5) is 5.69 Å². The fourth-order valence-corrected chi connectivity index (χ4v) is 2.38. The third-order valence-electron chi connectivity index (χ3n) is 3.28. The monoisotopic (exact) mass is 403 g/mol. The molecule has 0 aromatic heterocycles. The van der Waals surface area contributed by atoms with Crippen molar-refractivity contribution < 1.29 is 4.79 Å². The van der Waals surface area contributed by atoms with Gasteiger partial charge in [0.1, 0.15) is 11.6 Å². The summed E-state index contributed by atoms with van der Waals surface area (Å²) < 4.78 is 0.996. The van der Waals surface area contributed by atoms with Crippen LogP contribution < -0.4 is 10.6 Å². The molecule has 0 bridgehead atoms. The lowest BCUT2D eigenvalue weighted by atomic mass is 10.2. The molecule has 0 saturated carbocycles. The van der Waals surface area contributed by atoms with Gasteiger partial charge in [-0.05, 0) is 42.3 Å². The Labute approximate surface area is 154 Å². The number of carbonyl (C=O) groups is 1. The van der Waals surface area contributed by atoms with E-state index in [0.717, 1.165) is 15.6 Å². The van der Waals surface area contributed by atoms with E-state index in [1.807, 2.05) is 37.3 Å². The molecule has 2 rings (SSSR count). The minimum atomic E-state index is -0.480. The number of carbonyl (C=O) groups excluding carboxylic acids is 1. The lowest BCUT2D eigenvalue weighted by Crippen LogP contribution is -2.17. The number of benzene rings is 2. The van der Waals surface area contributed by atoms with Gasteiger partial charge in [0.2, 0.25) is 0 Å². The smallest absolute Gasteiger partial charge is 0.267 e. The lowest BCUT2D eigenvalue weighted by molar-refractivity contribution is -0.112. The fourth-order valence-electron chi connectivity index (χ4n) is 1.94. The van der Waals surface area contributed by atoms with Crippen LogP contribution in [0.15, 0.2) is 58.7 Å². The maximum atomic E-state index is 12.2. The van der Waals surface area contributed by atoms with Crippen molar-refractivity contribution in [2.45, 2.75) is 13.5 Å². The number of anilines is 1. The minimum Gasteiger partial charge on any atom is -0.386 e. The molecule has 0 heterocycles. The van der Waals surface area contributed by atoms with Gasteiger partial charge in [-0.25, -0.2) is 0 Å². The van der Waals surface area contributed by atoms with Crippen molar-refractivity contribution in [2.24, 2.45) is 0 Å². The maximum absolute atomic E-state index is 12.2. The second kappa shape index (κ2) is 8.53. The van der Waals surface area contributed by atoms with Gasteiger partial charge >= 0.3 is 0 Å². The Kier molecular flexibility index (Phi) is 6.42. The Balaban J connectivity index is 2.01. The normalized spacial score (nSPS) is 10.8. The Morgan fingerprint density at radius 2 is 2.00 bits per heavy atom. The highest BCUT2D eigenvalue weighted by Gasteiger charge is 2.10. The van der Waals surface area contributed by atoms with Gasteiger partial charge in [0, 0.05) is 27.9 Å². The van der Waals surface area contributed by atoms with Crippen LogP contribution in [0.2, 0.25) is 5.02 Å². The Morgan fingerprint density at radius 3 is 2.67 bits per heavy atom. The summed E-state index contributed by atoms with van der Waals surface area (Å²) in [5.74, 6) is -0.480. The second-order valence-electron chi connectivity index (χ2n) is 5.09. The van der Waals surface area contributed by atoms with E-state index in [2.05, 4.69) is 26.6 Å². The quantitative estimate of drug-likeness (QED) is 0.568. The Bertz CT molecular complexity index is 810. The van der Waals surface area contributed by atoms with Crippen molar-refractivity contribution in [3.05, 3.63) is 74.9 Å². The zero-order valence-electron chi connectivity index (χ0n) is 12.9. The number of hydrogen-bond acceptors (Lipinski definition) is 3. The van der Waals surface area contributed by atoms with Crippen molar-refractivity contribution in [2.75, 3.05) is 5.32 Å². The first kappa shape index (κ1) is 18.1. The second-order valence-corrected chi connectivity index (χ2v) is 6.44. The highest BCUT2D eigenvalue weighted by Crippen LogP contribution is 2.20. The number of nitrogens with zero attached hydrogens (tertiary/aromatic N) is 1. The molecule has 0 fully saturated rings. The minimum absolute atomic E-state index is 0.00788. The first-order valence-corrected chi connectivity index (χ1v) is 8.32. The molecule has 0 aliphatic carbocycles. The molecular weight excluding hydrogens is 390 g/mol. The number of nitriles is 1. The van der Waals surface area contributed by atoms with Gasteiger partial charge in [0.05, 0.1) is 0 Å². The summed E-state index contributed by atoms with van der Waals surface area (Å²) >= 11 is 9.30. The van der Waals surface area contributed by atoms with Crippen LogP contribution in [0.5, 0.6) is 0 Å². The molecule has 0 saturated heterocycles. The van der Waals surface area contributed by atoms with E-state index in [1.165, 1.54) is 6.20 Å². The van der Waals surface area contributed by atoms with Gasteiger partial charge in [-0.3, -0.25) is 4.79 Å². The fraction of sp³-hybridized carbons (Fsp3) is 0.111. The third-order valence-corrected chi connectivity index (χ3v) is 4.04. The number of nitrogens with one attached hydrogen (secondary N) is 2. The van der Waals surface area contributed by atoms with Crippen molar-refractivity contribution >= 4 is 39.1 Å². The molecule has 0 aliphatic heterocycles. The molecule has 0 unspecified atom stereocenters. The molecule has 0 aliphatic rings. The molecule has 122 valence electrons. The number of halogens is 2. The Morgan fingerprint density at radius 1 is 1.29 bits per heavy atom. The zero-order valence-corrected chi connectivity index (χ0v) is 15.3. The zero-order chi connectivity index (χ0) is 17.5. The molecule has 1 amide bonds. The average molecular weight is 405 g/mol. The van der Waals surface area contributed by atoms with Crippen molar-refractivity contribution in [3.8, 4) is 6.07 Å². The summed E-state index contributed by atoms with van der Waals surface area (Å²) in [6.45, 7) is 2.37. The van der Waals surface area contributed by atoms with E-state index in [0.29, 0.717) is 17.3 Å². The lowest BCUT2D eigenvalue weighted by Gasteiger charge is -2.08. The standard InChI is InChI=1S/C18H15BrClN3O/c1-12-2-7-16(20)8-17(12)23-18(24)14(9-21)11-22-10-13-3-5-15(19)6-4-13/h2-8,11,22H,10H2,1H3,(H,23,24)/b14-11-. The summed E-state index contributed by atoms with van der Waals surface area (Å²) in [5, 5.41) is 15.4. The summed E-state index contributed by atoms with van der Waals surface area (Å²) in [7, 11) is 0. The van der Waals surface area contributed by atoms with E-state index in [1.54, 1.807) is 18.2 Å². The number of aryl methyl sites for hydroxylation is 1. The SMILES string of the molecule is Cc1ccc(Cl)cc1NC(=O)/C(C#N)=C\NCc1ccc(Br)cc1. The van der Waals surface area contributed by atoms with Gasteiger partial charge in [-0.2, -0.15) is 5.26 Å². The highest BCUT2D eigenvalue weighted by molar-refractivity contribution is 9.10. The molecule has 4 nitrogen and oxygen atoms in total. The van der Waals surface area contributed by atoms with E-state index >= 15 is 0 Å². The van der Waals surface area contributed by atoms with E-state index < -0.39 is 5.91 Å². The summed E-state index contributed by atoms with van der Waals surface area (Å²) in [4.78, 5) is 12.2. The maximum Gasteiger partial charge on any atom is 0.267 e. The van der Waals surface area contributed by atoms with Crippen molar-refractivity contribution in [3.63, 3.8) is 0 Å². The summed E-state index contributed by atoms with van der Waals surface area (Å²) in [6, 6.07) is 14.9. The molecule has 2 aromatic carbocycles. The summed E-state index contributed by atoms with van der Waals surface area (Å²) in [5.41, 5.74) is 2.48. The van der Waals surface area contributed by atoms with E-state index in [9.17, 15) is 10.1 Å². The number of rotatable bonds is 5. The predicted molar refractivity (Wildman–Crippen MR) is 99.5 cm³/mol. The number of amides is 1. The molecule has 0 radical (unpaired) electrons. The summed E-state index contributed by atoms with van der Waals surface area (Å²) in [6.07, 6.45) is 1.41. The molecule has 2 aromatic rings. The third kappa shape index (κ3) is 5.12. The van der Waals surface area contributed by atoms with Crippen LogP contribution >= 0.6 is 27.5 Å². The molecule has 0 atom stereocenters. The largest absolute Gasteiger partial charge is 0.386 e. The number of hydrogen-bond donors (Lipinski definition) is 2. The van der Waals surface area contributed by atoms with Crippen LogP contribution in [0.3, 0.4) is 0 Å². The van der Waals surface area contributed by atoms with Crippen LogP contribution in [-0.2, 0) is 11.3 Å². The molecule has 0 spiro atoms. The van der Waals surface area contributed by atoms with Gasteiger partial charge < -0.3 is 10.6 Å². The topological polar surface area (TPSA) is 64.9 Å². The first-order valence-electron chi connectivity index (χ1n) is 7.15. The van der Waals surface area contributed by atoms with Crippen LogP contribution in [-0.4, -0.2) is 5.91 Å². The van der Waals surface area contributed by atoms with Gasteiger partial charge in [0.25, 0.3) is 5.91 Å². The van der Waals surface area contributed by atoms with Crippen LogP contribution in [0.25, 0.3) is 0 Å². The van der Waals surface area contributed by atoms with Gasteiger partial charge in [-0.1, -0.05) is 45.7 Å². The predicted octanol–water partition coefficient (Wildman–Crippen LogP) is 4.55. The van der Waals surface area contributed by atoms with Crippen LogP contribution in [0, 0.1) is 18.3 Å². The van der Waals surface area contributed by atoms with Crippen molar-refractivity contribution in [1.29, 1.82) is 5.26 Å². The van der Waals surface area contributed by atoms with Gasteiger partial charge in [0.15, 0.2) is 0 Å².